The number of piperidine rings is 1. The zero-order valence-electron chi connectivity index (χ0n) is 21.7. The molecule has 8 nitrogen and oxygen atoms in total. The molecule has 1 aliphatic rings. The predicted molar refractivity (Wildman–Crippen MR) is 135 cm³/mol. The summed E-state index contributed by atoms with van der Waals surface area (Å²) in [6, 6.07) is 7.45. The number of nitrogens with zero attached hydrogens (tertiary/aromatic N) is 2. The van der Waals surface area contributed by atoms with Crippen molar-refractivity contribution in [3.05, 3.63) is 46.5 Å². The molecule has 0 radical (unpaired) electrons. The first kappa shape index (κ1) is 26.8. The van der Waals surface area contributed by atoms with Gasteiger partial charge in [0.15, 0.2) is 11.5 Å². The lowest BCUT2D eigenvalue weighted by molar-refractivity contribution is -0.135. The zero-order chi connectivity index (χ0) is 25.9. The normalized spacial score (nSPS) is 15.1. The van der Waals surface area contributed by atoms with Crippen molar-refractivity contribution in [3.63, 3.8) is 0 Å². The number of methoxy groups -OCH3 is 3. The van der Waals surface area contributed by atoms with Gasteiger partial charge in [0.25, 0.3) is 0 Å². The van der Waals surface area contributed by atoms with Gasteiger partial charge in [0.2, 0.25) is 21.7 Å². The first-order valence-corrected chi connectivity index (χ1v) is 13.1. The highest BCUT2D eigenvalue weighted by atomic mass is 32.2. The monoisotopic (exact) mass is 504 g/mol. The van der Waals surface area contributed by atoms with E-state index in [0.29, 0.717) is 54.6 Å². The van der Waals surface area contributed by atoms with Crippen LogP contribution in [0.25, 0.3) is 0 Å². The molecule has 3 rings (SSSR count). The van der Waals surface area contributed by atoms with Gasteiger partial charge in [-0.05, 0) is 62.4 Å². The van der Waals surface area contributed by atoms with Gasteiger partial charge in [-0.15, -0.1) is 0 Å². The Labute approximate surface area is 208 Å². The van der Waals surface area contributed by atoms with Gasteiger partial charge in [0.1, 0.15) is 0 Å². The molecule has 0 aliphatic carbocycles. The maximum absolute atomic E-state index is 13.4. The summed E-state index contributed by atoms with van der Waals surface area (Å²) < 4.78 is 44.4. The van der Waals surface area contributed by atoms with Crippen molar-refractivity contribution < 1.29 is 27.4 Å². The SMILES string of the molecule is COc1cc(CN(C)C(=O)C2CCN(S(=O)(=O)c3c(C)cc(C)cc3C)CC2)cc(OC)c1OC. The molecule has 1 fully saturated rings. The predicted octanol–water partition coefficient (Wildman–Crippen LogP) is 3.70. The van der Waals surface area contributed by atoms with Crippen LogP contribution in [0, 0.1) is 26.7 Å². The maximum atomic E-state index is 13.4. The maximum Gasteiger partial charge on any atom is 0.243 e. The summed E-state index contributed by atoms with van der Waals surface area (Å²) in [5.41, 5.74) is 3.40. The first-order chi connectivity index (χ1) is 16.5. The van der Waals surface area contributed by atoms with Crippen LogP contribution >= 0.6 is 0 Å². The molecule has 2 aromatic carbocycles. The average Bonchev–Trinajstić information content (AvgIpc) is 2.82. The van der Waals surface area contributed by atoms with E-state index < -0.39 is 10.0 Å². The van der Waals surface area contributed by atoms with Crippen LogP contribution in [0.5, 0.6) is 17.2 Å². The van der Waals surface area contributed by atoms with E-state index in [1.54, 1.807) is 33.3 Å². The van der Waals surface area contributed by atoms with Crippen molar-refractivity contribution in [3.8, 4) is 17.2 Å². The van der Waals surface area contributed by atoms with Crippen molar-refractivity contribution in [1.82, 2.24) is 9.21 Å². The molecule has 1 aliphatic heterocycles. The molecule has 0 saturated carbocycles. The standard InChI is InChI=1S/C26H36N2O6S/c1-17-12-18(2)25(19(3)13-17)35(30,31)28-10-8-21(9-11-28)26(29)27(4)16-20-14-22(32-5)24(34-7)23(15-20)33-6/h12-15,21H,8-11,16H2,1-7H3. The number of sulfonamides is 1. The number of benzene rings is 2. The number of aryl methyl sites for hydroxylation is 3. The van der Waals surface area contributed by atoms with E-state index in [4.69, 9.17) is 14.2 Å². The molecule has 35 heavy (non-hydrogen) atoms. The largest absolute Gasteiger partial charge is 0.493 e. The molecule has 0 spiro atoms. The van der Waals surface area contributed by atoms with Crippen LogP contribution in [0.1, 0.15) is 35.1 Å². The Bertz CT molecular complexity index is 1140. The third-order valence-electron chi connectivity index (χ3n) is 6.53. The van der Waals surface area contributed by atoms with Crippen molar-refractivity contribution >= 4 is 15.9 Å². The molecule has 0 N–H and O–H groups in total. The molecule has 9 heteroatoms. The van der Waals surface area contributed by atoms with Gasteiger partial charge in [0, 0.05) is 32.6 Å². The third-order valence-corrected chi connectivity index (χ3v) is 8.73. The fourth-order valence-corrected chi connectivity index (χ4v) is 6.82. The molecule has 1 amide bonds. The number of hydrogen-bond acceptors (Lipinski definition) is 6. The third kappa shape index (κ3) is 5.56. The highest BCUT2D eigenvalue weighted by Crippen LogP contribution is 2.38. The number of ether oxygens (including phenoxy) is 3. The fraction of sp³-hybridized carbons (Fsp3) is 0.500. The lowest BCUT2D eigenvalue weighted by Gasteiger charge is -2.33. The topological polar surface area (TPSA) is 85.4 Å². The number of carbonyl (C=O) groups excluding carboxylic acids is 1. The van der Waals surface area contributed by atoms with Gasteiger partial charge in [-0.3, -0.25) is 4.79 Å². The Morgan fingerprint density at radius 3 is 1.91 bits per heavy atom. The number of rotatable bonds is 8. The minimum atomic E-state index is -3.61. The molecular formula is C26H36N2O6S. The second-order valence-corrected chi connectivity index (χ2v) is 11.0. The van der Waals surface area contributed by atoms with Gasteiger partial charge < -0.3 is 19.1 Å². The van der Waals surface area contributed by atoms with Gasteiger partial charge in [-0.2, -0.15) is 4.31 Å². The van der Waals surface area contributed by atoms with Crippen LogP contribution in [0.3, 0.4) is 0 Å². The Hall–Kier alpha value is -2.78. The lowest BCUT2D eigenvalue weighted by Crippen LogP contribution is -2.43. The average molecular weight is 505 g/mol. The summed E-state index contributed by atoms with van der Waals surface area (Å²) in [4.78, 5) is 15.2. The van der Waals surface area contributed by atoms with Gasteiger partial charge >= 0.3 is 0 Å². The Balaban J connectivity index is 1.69. The van der Waals surface area contributed by atoms with E-state index in [-0.39, 0.29) is 11.8 Å². The Kier molecular flexibility index (Phi) is 8.33. The van der Waals surface area contributed by atoms with E-state index >= 15 is 0 Å². The number of carbonyl (C=O) groups is 1. The summed E-state index contributed by atoms with van der Waals surface area (Å²) in [6.07, 6.45) is 0.975. The van der Waals surface area contributed by atoms with E-state index in [2.05, 4.69) is 0 Å². The summed E-state index contributed by atoms with van der Waals surface area (Å²) >= 11 is 0. The molecule has 0 bridgehead atoms. The summed E-state index contributed by atoms with van der Waals surface area (Å²) in [5.74, 6) is 1.33. The van der Waals surface area contributed by atoms with Crippen LogP contribution in [0.15, 0.2) is 29.2 Å². The lowest BCUT2D eigenvalue weighted by atomic mass is 9.96. The van der Waals surface area contributed by atoms with Crippen LogP contribution in [-0.2, 0) is 21.4 Å². The van der Waals surface area contributed by atoms with Crippen molar-refractivity contribution in [2.24, 2.45) is 5.92 Å². The number of hydrogen-bond donors (Lipinski definition) is 0. The summed E-state index contributed by atoms with van der Waals surface area (Å²) in [6.45, 7) is 6.65. The van der Waals surface area contributed by atoms with Crippen LogP contribution in [0.2, 0.25) is 0 Å². The highest BCUT2D eigenvalue weighted by Gasteiger charge is 2.34. The molecule has 0 unspecified atom stereocenters. The van der Waals surface area contributed by atoms with E-state index in [0.717, 1.165) is 22.3 Å². The van der Waals surface area contributed by atoms with Crippen LogP contribution < -0.4 is 14.2 Å². The highest BCUT2D eigenvalue weighted by molar-refractivity contribution is 7.89. The summed E-state index contributed by atoms with van der Waals surface area (Å²) in [5, 5.41) is 0. The summed E-state index contributed by atoms with van der Waals surface area (Å²) in [7, 11) is 2.80. The quantitative estimate of drug-likeness (QED) is 0.545. The molecule has 1 saturated heterocycles. The smallest absolute Gasteiger partial charge is 0.243 e. The van der Waals surface area contributed by atoms with Gasteiger partial charge in [-0.1, -0.05) is 17.7 Å². The minimum absolute atomic E-state index is 0.00139. The van der Waals surface area contributed by atoms with E-state index in [1.165, 1.54) is 4.31 Å². The van der Waals surface area contributed by atoms with E-state index in [1.807, 2.05) is 45.0 Å². The van der Waals surface area contributed by atoms with Gasteiger partial charge in [-0.25, -0.2) is 8.42 Å². The molecule has 2 aromatic rings. The first-order valence-electron chi connectivity index (χ1n) is 11.6. The van der Waals surface area contributed by atoms with Crippen molar-refractivity contribution in [2.75, 3.05) is 41.5 Å². The molecule has 0 atom stereocenters. The molecule has 0 aromatic heterocycles. The van der Waals surface area contributed by atoms with Gasteiger partial charge in [0.05, 0.1) is 26.2 Å². The van der Waals surface area contributed by atoms with Crippen LogP contribution in [-0.4, -0.2) is 65.0 Å². The zero-order valence-corrected chi connectivity index (χ0v) is 22.5. The fourth-order valence-electron chi connectivity index (χ4n) is 4.94. The molecule has 192 valence electrons. The Morgan fingerprint density at radius 1 is 0.943 bits per heavy atom. The second kappa shape index (κ2) is 10.9. The van der Waals surface area contributed by atoms with Crippen molar-refractivity contribution in [1.29, 1.82) is 0 Å². The number of amides is 1. The molecular weight excluding hydrogens is 468 g/mol. The minimum Gasteiger partial charge on any atom is -0.493 e. The second-order valence-electron chi connectivity index (χ2n) is 9.13. The Morgan fingerprint density at radius 2 is 1.46 bits per heavy atom. The molecule has 1 heterocycles. The van der Waals surface area contributed by atoms with Crippen LogP contribution in [0.4, 0.5) is 0 Å². The van der Waals surface area contributed by atoms with Crippen molar-refractivity contribution in [2.45, 2.75) is 45.1 Å². The van der Waals surface area contributed by atoms with E-state index in [9.17, 15) is 13.2 Å².